The molecule has 3 aromatic carbocycles. The number of carbonyl (C=O) groups excluding carboxylic acids is 2. The van der Waals surface area contributed by atoms with Gasteiger partial charge in [-0.2, -0.15) is 0 Å². The molecule has 0 unspecified atom stereocenters. The van der Waals surface area contributed by atoms with Crippen molar-refractivity contribution in [2.45, 2.75) is 13.5 Å². The van der Waals surface area contributed by atoms with Gasteiger partial charge in [0.2, 0.25) is 0 Å². The second kappa shape index (κ2) is 11.2. The third-order valence-corrected chi connectivity index (χ3v) is 5.32. The largest absolute Gasteiger partial charge is 0.489 e. The fourth-order valence-corrected chi connectivity index (χ4v) is 3.63. The van der Waals surface area contributed by atoms with Gasteiger partial charge in [-0.3, -0.25) is 4.79 Å². The fourth-order valence-electron chi connectivity index (χ4n) is 2.75. The van der Waals surface area contributed by atoms with Crippen molar-refractivity contribution in [3.63, 3.8) is 0 Å². The molecule has 0 spiro atoms. The SMILES string of the molecule is CCOc1c(I)cc(C(=O)OCC(=O)c2ccc(Cl)cc2)cc1OCc1ccccc1. The Hall–Kier alpha value is -2.58. The lowest BCUT2D eigenvalue weighted by Crippen LogP contribution is -2.15. The smallest absolute Gasteiger partial charge is 0.338 e. The van der Waals surface area contributed by atoms with E-state index >= 15 is 0 Å². The van der Waals surface area contributed by atoms with E-state index in [9.17, 15) is 9.59 Å². The minimum absolute atomic E-state index is 0.278. The minimum Gasteiger partial charge on any atom is -0.489 e. The highest BCUT2D eigenvalue weighted by Gasteiger charge is 2.18. The molecule has 7 heteroatoms. The maximum atomic E-state index is 12.6. The van der Waals surface area contributed by atoms with Crippen LogP contribution in [0.5, 0.6) is 11.5 Å². The highest BCUT2D eigenvalue weighted by molar-refractivity contribution is 14.1. The average Bonchev–Trinajstić information content (AvgIpc) is 2.78. The molecular weight excluding hydrogens is 531 g/mol. The van der Waals surface area contributed by atoms with Gasteiger partial charge in [0.25, 0.3) is 0 Å². The molecule has 0 bridgehead atoms. The molecular formula is C24H20ClIO5. The number of hydrogen-bond acceptors (Lipinski definition) is 5. The van der Waals surface area contributed by atoms with Crippen LogP contribution in [0.15, 0.2) is 66.7 Å². The number of carbonyl (C=O) groups is 2. The maximum absolute atomic E-state index is 12.6. The normalized spacial score (nSPS) is 10.4. The monoisotopic (exact) mass is 550 g/mol. The Bertz CT molecular complexity index is 1050. The van der Waals surface area contributed by atoms with Gasteiger partial charge < -0.3 is 14.2 Å². The number of rotatable bonds is 9. The highest BCUT2D eigenvalue weighted by atomic mass is 127. The van der Waals surface area contributed by atoms with Crippen molar-refractivity contribution in [3.8, 4) is 11.5 Å². The first-order chi connectivity index (χ1) is 15.0. The number of Topliss-reactive ketones (excluding diaryl/α,β-unsaturated/α-hetero) is 1. The summed E-state index contributed by atoms with van der Waals surface area (Å²) >= 11 is 7.92. The molecule has 0 aliphatic carbocycles. The molecule has 0 amide bonds. The number of halogens is 2. The zero-order valence-electron chi connectivity index (χ0n) is 16.8. The van der Waals surface area contributed by atoms with E-state index in [-0.39, 0.29) is 18.0 Å². The van der Waals surface area contributed by atoms with E-state index in [1.807, 2.05) is 37.3 Å². The van der Waals surface area contributed by atoms with Gasteiger partial charge >= 0.3 is 5.97 Å². The zero-order valence-corrected chi connectivity index (χ0v) is 19.7. The Morgan fingerprint density at radius 1 is 0.935 bits per heavy atom. The second-order valence-electron chi connectivity index (χ2n) is 6.50. The first kappa shape index (κ1) is 23.1. The lowest BCUT2D eigenvalue weighted by atomic mass is 10.1. The number of ether oxygens (including phenoxy) is 3. The molecule has 3 rings (SSSR count). The summed E-state index contributed by atoms with van der Waals surface area (Å²) in [6, 6.07) is 19.3. The summed E-state index contributed by atoms with van der Waals surface area (Å²) in [7, 11) is 0. The predicted molar refractivity (Wildman–Crippen MR) is 127 cm³/mol. The van der Waals surface area contributed by atoms with Crippen LogP contribution in [0.4, 0.5) is 0 Å². The van der Waals surface area contributed by atoms with Crippen LogP contribution in [0.3, 0.4) is 0 Å². The third kappa shape index (κ3) is 6.45. The molecule has 0 N–H and O–H groups in total. The van der Waals surface area contributed by atoms with Gasteiger partial charge in [0.05, 0.1) is 15.7 Å². The van der Waals surface area contributed by atoms with Crippen molar-refractivity contribution in [1.29, 1.82) is 0 Å². The number of esters is 1. The van der Waals surface area contributed by atoms with Gasteiger partial charge in [0.1, 0.15) is 6.61 Å². The number of ketones is 1. The quantitative estimate of drug-likeness (QED) is 0.187. The summed E-state index contributed by atoms with van der Waals surface area (Å²) in [5.41, 5.74) is 1.69. The molecule has 31 heavy (non-hydrogen) atoms. The van der Waals surface area contributed by atoms with Gasteiger partial charge in [0, 0.05) is 10.6 Å². The maximum Gasteiger partial charge on any atom is 0.338 e. The molecule has 0 heterocycles. The lowest BCUT2D eigenvalue weighted by molar-refractivity contribution is 0.0474. The van der Waals surface area contributed by atoms with Gasteiger partial charge in [-0.1, -0.05) is 41.9 Å². The van der Waals surface area contributed by atoms with E-state index in [1.54, 1.807) is 36.4 Å². The molecule has 0 saturated carbocycles. The Labute approximate surface area is 199 Å². The molecule has 3 aromatic rings. The first-order valence-electron chi connectivity index (χ1n) is 9.57. The van der Waals surface area contributed by atoms with E-state index in [0.717, 1.165) is 5.56 Å². The molecule has 0 fully saturated rings. The molecule has 5 nitrogen and oxygen atoms in total. The van der Waals surface area contributed by atoms with E-state index in [0.29, 0.717) is 38.9 Å². The van der Waals surface area contributed by atoms with E-state index in [2.05, 4.69) is 22.6 Å². The highest BCUT2D eigenvalue weighted by Crippen LogP contribution is 2.35. The van der Waals surface area contributed by atoms with Gasteiger partial charge in [0.15, 0.2) is 23.9 Å². The summed E-state index contributed by atoms with van der Waals surface area (Å²) in [5, 5.41) is 0.528. The summed E-state index contributed by atoms with van der Waals surface area (Å²) in [6.07, 6.45) is 0. The van der Waals surface area contributed by atoms with Crippen molar-refractivity contribution < 1.29 is 23.8 Å². The topological polar surface area (TPSA) is 61.8 Å². The van der Waals surface area contributed by atoms with Gasteiger partial charge in [-0.05, 0) is 71.5 Å². The molecule has 160 valence electrons. The predicted octanol–water partition coefficient (Wildman–Crippen LogP) is 5.96. The number of benzene rings is 3. The standard InChI is InChI=1S/C24H20ClIO5/c1-2-29-23-20(26)12-18(13-22(23)30-14-16-6-4-3-5-7-16)24(28)31-15-21(27)17-8-10-19(25)11-9-17/h3-13H,2,14-15H2,1H3. The van der Waals surface area contributed by atoms with Crippen LogP contribution in [0.1, 0.15) is 33.2 Å². The van der Waals surface area contributed by atoms with E-state index in [1.165, 1.54) is 0 Å². The molecule has 0 aliphatic rings. The van der Waals surface area contributed by atoms with Crippen LogP contribution in [0, 0.1) is 3.57 Å². The van der Waals surface area contributed by atoms with Crippen LogP contribution in [-0.2, 0) is 11.3 Å². The van der Waals surface area contributed by atoms with Crippen molar-refractivity contribution in [2.24, 2.45) is 0 Å². The fraction of sp³-hybridized carbons (Fsp3) is 0.167. The van der Waals surface area contributed by atoms with Crippen LogP contribution < -0.4 is 9.47 Å². The van der Waals surface area contributed by atoms with Crippen LogP contribution in [0.25, 0.3) is 0 Å². The Morgan fingerprint density at radius 2 is 1.65 bits per heavy atom. The van der Waals surface area contributed by atoms with E-state index in [4.69, 9.17) is 25.8 Å². The van der Waals surface area contributed by atoms with E-state index < -0.39 is 5.97 Å². The van der Waals surface area contributed by atoms with Crippen LogP contribution in [0.2, 0.25) is 5.02 Å². The summed E-state index contributed by atoms with van der Waals surface area (Å²) in [6.45, 7) is 2.29. The Morgan fingerprint density at radius 3 is 2.32 bits per heavy atom. The first-order valence-corrected chi connectivity index (χ1v) is 11.0. The second-order valence-corrected chi connectivity index (χ2v) is 8.10. The van der Waals surface area contributed by atoms with Crippen LogP contribution in [-0.4, -0.2) is 25.0 Å². The summed E-state index contributed by atoms with van der Waals surface area (Å²) < 4.78 is 17.6. The summed E-state index contributed by atoms with van der Waals surface area (Å²) in [4.78, 5) is 24.8. The van der Waals surface area contributed by atoms with Crippen molar-refractivity contribution in [3.05, 3.63) is 92.0 Å². The third-order valence-electron chi connectivity index (χ3n) is 4.27. The Balaban J connectivity index is 1.73. The summed E-state index contributed by atoms with van der Waals surface area (Å²) in [5.74, 6) is 0.0699. The molecule has 0 radical (unpaired) electrons. The molecule has 0 aromatic heterocycles. The van der Waals surface area contributed by atoms with Gasteiger partial charge in [-0.25, -0.2) is 4.79 Å². The average molecular weight is 551 g/mol. The number of hydrogen-bond donors (Lipinski definition) is 0. The Kier molecular flexibility index (Phi) is 8.31. The zero-order chi connectivity index (χ0) is 22.2. The molecule has 0 aliphatic heterocycles. The minimum atomic E-state index is -0.618. The lowest BCUT2D eigenvalue weighted by Gasteiger charge is -2.15. The van der Waals surface area contributed by atoms with Crippen molar-refractivity contribution >= 4 is 45.9 Å². The molecule has 0 saturated heterocycles. The van der Waals surface area contributed by atoms with Crippen LogP contribution >= 0.6 is 34.2 Å². The van der Waals surface area contributed by atoms with Crippen molar-refractivity contribution in [1.82, 2.24) is 0 Å². The molecule has 0 atom stereocenters. The van der Waals surface area contributed by atoms with Gasteiger partial charge in [-0.15, -0.1) is 0 Å². The van der Waals surface area contributed by atoms with Crippen molar-refractivity contribution in [2.75, 3.05) is 13.2 Å².